The van der Waals surface area contributed by atoms with E-state index in [1.165, 1.54) is 6.08 Å². The normalized spacial score (nSPS) is 10.6. The van der Waals surface area contributed by atoms with Crippen molar-refractivity contribution < 1.29 is 4.79 Å². The van der Waals surface area contributed by atoms with Crippen molar-refractivity contribution >= 4 is 44.9 Å². The molecule has 0 bridgehead atoms. The van der Waals surface area contributed by atoms with Crippen LogP contribution in [0.3, 0.4) is 0 Å². The van der Waals surface area contributed by atoms with Gasteiger partial charge in [0.15, 0.2) is 0 Å². The largest absolute Gasteiger partial charge is 0.323 e. The molecular formula is C13H10BrNOS. The summed E-state index contributed by atoms with van der Waals surface area (Å²) in [5, 5.41) is 6.76. The molecule has 1 N–H and O–H groups in total. The van der Waals surface area contributed by atoms with Crippen LogP contribution in [0.5, 0.6) is 0 Å². The quantitative estimate of drug-likeness (QED) is 0.848. The number of amides is 1. The predicted molar refractivity (Wildman–Crippen MR) is 76.1 cm³/mol. The SMILES string of the molecule is O=C(/C=C/c1ccsc1)Nc1ccc(Br)cc1. The molecule has 0 unspecified atom stereocenters. The maximum Gasteiger partial charge on any atom is 0.248 e. The summed E-state index contributed by atoms with van der Waals surface area (Å²) in [5.41, 5.74) is 1.83. The van der Waals surface area contributed by atoms with E-state index in [0.29, 0.717) is 0 Å². The van der Waals surface area contributed by atoms with Gasteiger partial charge in [-0.25, -0.2) is 0 Å². The first-order chi connectivity index (χ1) is 8.24. The maximum atomic E-state index is 11.6. The van der Waals surface area contributed by atoms with Crippen molar-refractivity contribution in [1.29, 1.82) is 0 Å². The summed E-state index contributed by atoms with van der Waals surface area (Å²) >= 11 is 4.95. The van der Waals surface area contributed by atoms with Gasteiger partial charge >= 0.3 is 0 Å². The smallest absolute Gasteiger partial charge is 0.248 e. The minimum Gasteiger partial charge on any atom is -0.323 e. The highest BCUT2D eigenvalue weighted by atomic mass is 79.9. The van der Waals surface area contributed by atoms with Crippen LogP contribution in [0.1, 0.15) is 5.56 Å². The average molecular weight is 308 g/mol. The third-order valence-electron chi connectivity index (χ3n) is 2.08. The van der Waals surface area contributed by atoms with Gasteiger partial charge in [-0.15, -0.1) is 0 Å². The molecule has 0 spiro atoms. The van der Waals surface area contributed by atoms with Gasteiger partial charge in [-0.3, -0.25) is 4.79 Å². The Morgan fingerprint density at radius 3 is 2.65 bits per heavy atom. The van der Waals surface area contributed by atoms with E-state index < -0.39 is 0 Å². The fraction of sp³-hybridized carbons (Fsp3) is 0. The van der Waals surface area contributed by atoms with Crippen LogP contribution < -0.4 is 5.32 Å². The van der Waals surface area contributed by atoms with Gasteiger partial charge in [0.05, 0.1) is 0 Å². The first kappa shape index (κ1) is 12.1. The number of carbonyl (C=O) groups is 1. The van der Waals surface area contributed by atoms with Gasteiger partial charge in [-0.05, 0) is 52.7 Å². The fourth-order valence-corrected chi connectivity index (χ4v) is 2.15. The lowest BCUT2D eigenvalue weighted by atomic mass is 10.3. The Bertz CT molecular complexity index is 517. The van der Waals surface area contributed by atoms with Crippen LogP contribution in [0.25, 0.3) is 6.08 Å². The van der Waals surface area contributed by atoms with Gasteiger partial charge in [0, 0.05) is 16.2 Å². The van der Waals surface area contributed by atoms with E-state index in [0.717, 1.165) is 15.7 Å². The van der Waals surface area contributed by atoms with Gasteiger partial charge in [-0.1, -0.05) is 15.9 Å². The van der Waals surface area contributed by atoms with E-state index in [4.69, 9.17) is 0 Å². The molecule has 17 heavy (non-hydrogen) atoms. The van der Waals surface area contributed by atoms with Crippen molar-refractivity contribution in [2.75, 3.05) is 5.32 Å². The molecular weight excluding hydrogens is 298 g/mol. The first-order valence-electron chi connectivity index (χ1n) is 5.01. The maximum absolute atomic E-state index is 11.6. The second-order valence-corrected chi connectivity index (χ2v) is 5.08. The number of nitrogens with one attached hydrogen (secondary N) is 1. The van der Waals surface area contributed by atoms with Crippen LogP contribution in [0.2, 0.25) is 0 Å². The Hall–Kier alpha value is -1.39. The van der Waals surface area contributed by atoms with E-state index in [-0.39, 0.29) is 5.91 Å². The van der Waals surface area contributed by atoms with Gasteiger partial charge in [0.1, 0.15) is 0 Å². The number of anilines is 1. The van der Waals surface area contributed by atoms with Crippen molar-refractivity contribution in [3.63, 3.8) is 0 Å². The third-order valence-corrected chi connectivity index (χ3v) is 3.31. The Morgan fingerprint density at radius 1 is 1.24 bits per heavy atom. The van der Waals surface area contributed by atoms with Crippen molar-refractivity contribution in [3.05, 3.63) is 57.2 Å². The van der Waals surface area contributed by atoms with E-state index >= 15 is 0 Å². The zero-order valence-corrected chi connectivity index (χ0v) is 11.3. The average Bonchev–Trinajstić information content (AvgIpc) is 2.83. The van der Waals surface area contributed by atoms with Crippen molar-refractivity contribution in [2.24, 2.45) is 0 Å². The second-order valence-electron chi connectivity index (χ2n) is 3.39. The number of hydrogen-bond acceptors (Lipinski definition) is 2. The molecule has 1 aromatic carbocycles. The summed E-state index contributed by atoms with van der Waals surface area (Å²) in [4.78, 5) is 11.6. The molecule has 0 aliphatic rings. The molecule has 1 amide bonds. The molecule has 1 aromatic heterocycles. The number of benzene rings is 1. The Morgan fingerprint density at radius 2 is 2.00 bits per heavy atom. The number of carbonyl (C=O) groups excluding carboxylic acids is 1. The predicted octanol–water partition coefficient (Wildman–Crippen LogP) is 4.16. The molecule has 0 saturated heterocycles. The highest BCUT2D eigenvalue weighted by Crippen LogP contribution is 2.14. The molecule has 2 rings (SSSR count). The molecule has 1 heterocycles. The van der Waals surface area contributed by atoms with E-state index in [1.807, 2.05) is 41.1 Å². The Labute approximate surface area is 112 Å². The van der Waals surface area contributed by atoms with Crippen LogP contribution in [0, 0.1) is 0 Å². The fourth-order valence-electron chi connectivity index (χ4n) is 1.26. The number of hydrogen-bond donors (Lipinski definition) is 1. The highest BCUT2D eigenvalue weighted by molar-refractivity contribution is 9.10. The minimum atomic E-state index is -0.126. The number of thiophene rings is 1. The molecule has 4 heteroatoms. The van der Waals surface area contributed by atoms with Gasteiger partial charge in [-0.2, -0.15) is 11.3 Å². The molecule has 0 saturated carbocycles. The molecule has 0 atom stereocenters. The lowest BCUT2D eigenvalue weighted by Gasteiger charge is -2.01. The van der Waals surface area contributed by atoms with Crippen LogP contribution in [-0.4, -0.2) is 5.91 Å². The topological polar surface area (TPSA) is 29.1 Å². The van der Waals surface area contributed by atoms with Crippen LogP contribution in [0.4, 0.5) is 5.69 Å². The standard InChI is InChI=1S/C13H10BrNOS/c14-11-2-4-12(5-3-11)15-13(16)6-1-10-7-8-17-9-10/h1-9H,(H,15,16)/b6-1+. The summed E-state index contributed by atoms with van der Waals surface area (Å²) in [6.45, 7) is 0. The first-order valence-corrected chi connectivity index (χ1v) is 6.74. The number of halogens is 1. The summed E-state index contributed by atoms with van der Waals surface area (Å²) in [5.74, 6) is -0.126. The van der Waals surface area contributed by atoms with E-state index in [9.17, 15) is 4.79 Å². The molecule has 2 aromatic rings. The molecule has 86 valence electrons. The zero-order valence-electron chi connectivity index (χ0n) is 8.89. The van der Waals surface area contributed by atoms with Crippen LogP contribution >= 0.6 is 27.3 Å². The summed E-state index contributed by atoms with van der Waals surface area (Å²) < 4.78 is 0.990. The van der Waals surface area contributed by atoms with Crippen molar-refractivity contribution in [2.45, 2.75) is 0 Å². The highest BCUT2D eigenvalue weighted by Gasteiger charge is 1.97. The monoisotopic (exact) mass is 307 g/mol. The minimum absolute atomic E-state index is 0.126. The van der Waals surface area contributed by atoms with Crippen molar-refractivity contribution in [3.8, 4) is 0 Å². The summed E-state index contributed by atoms with van der Waals surface area (Å²) in [7, 11) is 0. The zero-order chi connectivity index (χ0) is 12.1. The lowest BCUT2D eigenvalue weighted by Crippen LogP contribution is -2.07. The Kier molecular flexibility index (Phi) is 4.12. The lowest BCUT2D eigenvalue weighted by molar-refractivity contribution is -0.111. The third kappa shape index (κ3) is 3.84. The molecule has 0 aliphatic heterocycles. The second kappa shape index (κ2) is 5.80. The van der Waals surface area contributed by atoms with Gasteiger partial charge in [0.2, 0.25) is 5.91 Å². The van der Waals surface area contributed by atoms with Crippen LogP contribution in [0.15, 0.2) is 51.6 Å². The Balaban J connectivity index is 1.95. The van der Waals surface area contributed by atoms with E-state index in [1.54, 1.807) is 17.4 Å². The summed E-state index contributed by atoms with van der Waals surface area (Å²) in [6.07, 6.45) is 3.33. The van der Waals surface area contributed by atoms with Crippen LogP contribution in [-0.2, 0) is 4.79 Å². The van der Waals surface area contributed by atoms with Gasteiger partial charge < -0.3 is 5.32 Å². The molecule has 0 aliphatic carbocycles. The summed E-state index contributed by atoms with van der Waals surface area (Å²) in [6, 6.07) is 9.44. The molecule has 0 radical (unpaired) electrons. The van der Waals surface area contributed by atoms with Crippen molar-refractivity contribution in [1.82, 2.24) is 0 Å². The van der Waals surface area contributed by atoms with E-state index in [2.05, 4.69) is 21.2 Å². The number of rotatable bonds is 3. The molecule has 0 fully saturated rings. The van der Waals surface area contributed by atoms with Gasteiger partial charge in [0.25, 0.3) is 0 Å². The molecule has 2 nitrogen and oxygen atoms in total.